The molecule has 0 saturated carbocycles. The third-order valence-corrected chi connectivity index (χ3v) is 19.6. The molecule has 0 N–H and O–H groups in total. The second-order valence-corrected chi connectivity index (χ2v) is 34.1. The summed E-state index contributed by atoms with van der Waals surface area (Å²) in [6, 6.07) is 0. The van der Waals surface area contributed by atoms with Crippen LogP contribution in [0.1, 0.15) is 323 Å². The molecule has 0 bridgehead atoms. The second-order valence-electron chi connectivity index (χ2n) is 34.1. The Kier molecular flexibility index (Phi) is 72.3. The van der Waals surface area contributed by atoms with Crippen molar-refractivity contribution in [2.75, 3.05) is 205 Å². The molecule has 3 rings (SSSR count). The number of aromatic nitrogens is 9. The molecular formula is C93H186N18O18. The minimum absolute atomic E-state index is 0.0121. The number of anilines is 9. The van der Waals surface area contributed by atoms with E-state index in [9.17, 15) is 0 Å². The Morgan fingerprint density at radius 2 is 0.271 bits per heavy atom. The van der Waals surface area contributed by atoms with Crippen LogP contribution in [0.2, 0.25) is 0 Å². The normalized spacial score (nSPS) is 13.1. The zero-order valence-electron chi connectivity index (χ0n) is 86.5. The van der Waals surface area contributed by atoms with Gasteiger partial charge in [0.1, 0.15) is 121 Å². The highest BCUT2D eigenvalue weighted by Gasteiger charge is 2.29. The maximum atomic E-state index is 6.17. The van der Waals surface area contributed by atoms with Gasteiger partial charge in [0.2, 0.25) is 53.5 Å². The smallest absolute Gasteiger partial charge is 0.235 e. The van der Waals surface area contributed by atoms with Crippen LogP contribution in [0.4, 0.5) is 53.5 Å². The predicted octanol–water partition coefficient (Wildman–Crippen LogP) is 18.4. The number of hydrogen-bond acceptors (Lipinski definition) is 36. The Balaban J connectivity index is 0.000000971. The van der Waals surface area contributed by atoms with E-state index in [0.717, 1.165) is 116 Å². The van der Waals surface area contributed by atoms with Gasteiger partial charge in [-0.2, -0.15) is 44.9 Å². The van der Waals surface area contributed by atoms with Crippen molar-refractivity contribution in [1.82, 2.24) is 44.9 Å². The summed E-state index contributed by atoms with van der Waals surface area (Å²) < 4.78 is 109. The molecule has 756 valence electrons. The summed E-state index contributed by atoms with van der Waals surface area (Å²) in [7, 11) is 0. The summed E-state index contributed by atoms with van der Waals surface area (Å²) in [5.41, 5.74) is 0. The van der Waals surface area contributed by atoms with E-state index in [1.807, 2.05) is 127 Å². The summed E-state index contributed by atoms with van der Waals surface area (Å²) >= 11 is 0. The fourth-order valence-electron chi connectivity index (χ4n) is 9.65. The summed E-state index contributed by atoms with van der Waals surface area (Å²) in [6.45, 7) is 70.3. The SMILES string of the molecule is CC(C)OCN(COC(C)C)c1nc(N(COC(C)C)COC(C)C)nc(N(COC(C)C)COC(C)C)n1.CCC(C)OCN(COC(C)CC)c1nc(N(COC(C)CC)COC(C)CC)nc(N(COC(C)CC)COC(C)CC)n1.CCCCOCN(COCCCC)c1nc(N(COCCCC)COCCCC)nc(N(COCCCC)COCCCC)n1. The monoisotopic (exact) mass is 1840 g/mol. The molecule has 3 aromatic rings. The van der Waals surface area contributed by atoms with Gasteiger partial charge < -0.3 is 85.3 Å². The van der Waals surface area contributed by atoms with E-state index in [2.05, 4.69) is 125 Å². The fraction of sp³-hybridized carbons (Fsp3) is 0.903. The highest BCUT2D eigenvalue weighted by atomic mass is 16.6. The van der Waals surface area contributed by atoms with E-state index in [1.165, 1.54) is 0 Å². The second kappa shape index (κ2) is 76.8. The van der Waals surface area contributed by atoms with Gasteiger partial charge in [-0.25, -0.2) is 0 Å². The highest BCUT2D eigenvalue weighted by molar-refractivity contribution is 5.48. The number of unbranched alkanes of at least 4 members (excludes halogenated alkanes) is 6. The topological polar surface area (TPSA) is 311 Å². The lowest BCUT2D eigenvalue weighted by Crippen LogP contribution is -2.38. The quantitative estimate of drug-likeness (QED) is 0.0374. The van der Waals surface area contributed by atoms with Gasteiger partial charge in [-0.15, -0.1) is 0 Å². The molecule has 0 fully saturated rings. The van der Waals surface area contributed by atoms with Gasteiger partial charge >= 0.3 is 0 Å². The molecule has 0 aliphatic rings. The minimum Gasteiger partial charge on any atom is -0.361 e. The molecule has 6 unspecified atom stereocenters. The van der Waals surface area contributed by atoms with Gasteiger partial charge in [0.25, 0.3) is 0 Å². The van der Waals surface area contributed by atoms with Gasteiger partial charge in [0.05, 0.1) is 73.2 Å². The number of ether oxygens (including phenoxy) is 18. The first kappa shape index (κ1) is 122. The molecule has 0 aliphatic heterocycles. The summed E-state index contributed by atoms with van der Waals surface area (Å²) in [5.74, 6) is 3.85. The lowest BCUT2D eigenvalue weighted by atomic mass is 10.3. The van der Waals surface area contributed by atoms with Crippen LogP contribution < -0.4 is 44.1 Å². The Bertz CT molecular complexity index is 2630. The van der Waals surface area contributed by atoms with Crippen LogP contribution in [0.25, 0.3) is 0 Å². The summed E-state index contributed by atoms with van der Waals surface area (Å²) in [4.78, 5) is 61.1. The van der Waals surface area contributed by atoms with Crippen LogP contribution in [0.15, 0.2) is 0 Å². The fourth-order valence-corrected chi connectivity index (χ4v) is 9.65. The number of rotatable bonds is 81. The lowest BCUT2D eigenvalue weighted by Gasteiger charge is -2.31. The zero-order chi connectivity index (χ0) is 96.1. The molecule has 129 heavy (non-hydrogen) atoms. The van der Waals surface area contributed by atoms with Gasteiger partial charge in [-0.3, -0.25) is 44.1 Å². The Hall–Kier alpha value is -5.49. The van der Waals surface area contributed by atoms with Crippen LogP contribution in [0.5, 0.6) is 0 Å². The molecule has 0 aliphatic carbocycles. The van der Waals surface area contributed by atoms with Crippen molar-refractivity contribution < 1.29 is 85.3 Å². The predicted molar refractivity (Wildman–Crippen MR) is 517 cm³/mol. The Morgan fingerprint density at radius 3 is 0.372 bits per heavy atom. The van der Waals surface area contributed by atoms with Crippen LogP contribution >= 0.6 is 0 Å². The molecule has 0 spiro atoms. The molecule has 36 nitrogen and oxygen atoms in total. The lowest BCUT2D eigenvalue weighted by molar-refractivity contribution is 0.0191. The molecule has 36 heteroatoms. The zero-order valence-corrected chi connectivity index (χ0v) is 86.5. The maximum Gasteiger partial charge on any atom is 0.235 e. The third-order valence-electron chi connectivity index (χ3n) is 19.6. The van der Waals surface area contributed by atoms with Crippen molar-refractivity contribution in [1.29, 1.82) is 0 Å². The van der Waals surface area contributed by atoms with E-state index in [-0.39, 0.29) is 154 Å². The molecule has 0 amide bonds. The molecular weight excluding hydrogens is 1660 g/mol. The summed E-state index contributed by atoms with van der Waals surface area (Å²) in [6.07, 6.45) is 18.0. The molecule has 0 aromatic carbocycles. The first-order valence-electron chi connectivity index (χ1n) is 48.8. The van der Waals surface area contributed by atoms with Crippen molar-refractivity contribution in [2.24, 2.45) is 0 Å². The van der Waals surface area contributed by atoms with Crippen LogP contribution in [0.3, 0.4) is 0 Å². The largest absolute Gasteiger partial charge is 0.361 e. The van der Waals surface area contributed by atoms with Crippen molar-refractivity contribution >= 4 is 53.5 Å². The number of hydrogen-bond donors (Lipinski definition) is 0. The van der Waals surface area contributed by atoms with E-state index in [0.29, 0.717) is 134 Å². The summed E-state index contributed by atoms with van der Waals surface area (Å²) in [5, 5.41) is 0. The van der Waals surface area contributed by atoms with Gasteiger partial charge in [0, 0.05) is 39.6 Å². The molecule has 0 saturated heterocycles. The van der Waals surface area contributed by atoms with E-state index >= 15 is 0 Å². The van der Waals surface area contributed by atoms with Crippen LogP contribution in [-0.4, -0.2) is 279 Å². The maximum absolute atomic E-state index is 6.17. The van der Waals surface area contributed by atoms with Gasteiger partial charge in [-0.1, -0.05) is 122 Å². The van der Waals surface area contributed by atoms with E-state index in [1.54, 1.807) is 0 Å². The molecule has 3 aromatic heterocycles. The average molecular weight is 1840 g/mol. The molecule has 6 atom stereocenters. The Morgan fingerprint density at radius 1 is 0.163 bits per heavy atom. The van der Waals surface area contributed by atoms with Crippen molar-refractivity contribution in [3.63, 3.8) is 0 Å². The first-order valence-corrected chi connectivity index (χ1v) is 48.8. The molecule has 0 radical (unpaired) electrons. The first-order chi connectivity index (χ1) is 61.9. The molecule has 3 heterocycles. The van der Waals surface area contributed by atoms with Crippen molar-refractivity contribution in [3.8, 4) is 0 Å². The highest BCUT2D eigenvalue weighted by Crippen LogP contribution is 2.27. The van der Waals surface area contributed by atoms with Crippen molar-refractivity contribution in [3.05, 3.63) is 0 Å². The van der Waals surface area contributed by atoms with E-state index < -0.39 is 0 Å². The average Bonchev–Trinajstić information content (AvgIpc) is 0.811. The van der Waals surface area contributed by atoms with E-state index in [4.69, 9.17) is 130 Å². The Labute approximate surface area is 781 Å². The van der Waals surface area contributed by atoms with Crippen LogP contribution in [-0.2, 0) is 85.3 Å². The minimum atomic E-state index is 0.0121. The van der Waals surface area contributed by atoms with Crippen LogP contribution in [0, 0.1) is 0 Å². The van der Waals surface area contributed by atoms with Gasteiger partial charge in [0.15, 0.2) is 0 Å². The standard InChI is InChI=1S/2C33H66N6O6.C27H54N6O6/c1-13-25(7)40-19-37(20-41-26(8)14-2)31-34-32(38(21-42-27(9)15-3)22-43-28(10)16-4)36-33(35-31)39(23-44-29(11)17-5)24-45-30(12)18-6;1-7-13-19-40-25-37(26-41-20-14-8-2)31-34-32(38(27-42-21-15-9-3)28-43-22-16-10-4)36-33(35-31)39(29-44-23-17-11-5)30-45-24-18-12-6;1-19(2)34-13-31(14-35-20(3)4)25-28-26(32(15-36-21(5)6)16-37-22(7)8)30-27(29-25)33(17-38-23(9)10)18-39-24(11)12/h25-30H,13-24H2,1-12H3;7-30H2,1-6H3;19-24H,13-18H2,1-12H3. The third kappa shape index (κ3) is 58.4. The number of nitrogens with zero attached hydrogens (tertiary/aromatic N) is 18. The van der Waals surface area contributed by atoms with Crippen molar-refractivity contribution in [2.45, 2.75) is 397 Å². The van der Waals surface area contributed by atoms with Gasteiger partial charge in [-0.05, 0) is 202 Å².